The lowest BCUT2D eigenvalue weighted by Gasteiger charge is -2.24. The van der Waals surface area contributed by atoms with Gasteiger partial charge in [-0.2, -0.15) is 0 Å². The topological polar surface area (TPSA) is 101 Å². The van der Waals surface area contributed by atoms with Crippen molar-refractivity contribution in [3.05, 3.63) is 24.3 Å². The minimum atomic E-state index is -3.24. The van der Waals surface area contributed by atoms with Crippen LogP contribution in [0, 0.1) is 0 Å². The maximum atomic E-state index is 12.0. The van der Waals surface area contributed by atoms with Crippen LogP contribution in [0.3, 0.4) is 0 Å². The molecule has 0 fully saturated rings. The van der Waals surface area contributed by atoms with Crippen molar-refractivity contribution in [2.24, 2.45) is 0 Å². The summed E-state index contributed by atoms with van der Waals surface area (Å²) in [7, 11) is -3.24. The number of ether oxygens (including phenoxy) is 1. The van der Waals surface area contributed by atoms with E-state index in [1.807, 2.05) is 0 Å². The van der Waals surface area contributed by atoms with Crippen molar-refractivity contribution in [2.45, 2.75) is 37.6 Å². The van der Waals surface area contributed by atoms with Crippen LogP contribution in [0.15, 0.2) is 29.2 Å². The minimum Gasteiger partial charge on any atom is -0.494 e. The van der Waals surface area contributed by atoms with Gasteiger partial charge in [0.25, 0.3) is 0 Å². The average molecular weight is 357 g/mol. The van der Waals surface area contributed by atoms with Gasteiger partial charge in [-0.1, -0.05) is 0 Å². The quantitative estimate of drug-likeness (QED) is 0.673. The van der Waals surface area contributed by atoms with E-state index in [9.17, 15) is 18.0 Å². The summed E-state index contributed by atoms with van der Waals surface area (Å²) in [6.45, 7) is 3.49. The molecule has 0 spiro atoms. The molecular formula is C16H23NO6S. The Morgan fingerprint density at radius 1 is 1.21 bits per heavy atom. The van der Waals surface area contributed by atoms with Gasteiger partial charge in [-0.05, 0) is 44.5 Å². The highest BCUT2D eigenvalue weighted by Crippen LogP contribution is 2.16. The predicted molar refractivity (Wildman–Crippen MR) is 88.8 cm³/mol. The molecule has 0 aromatic heterocycles. The van der Waals surface area contributed by atoms with Gasteiger partial charge in [-0.3, -0.25) is 9.59 Å². The summed E-state index contributed by atoms with van der Waals surface area (Å²) < 4.78 is 28.2. The number of hydrogen-bond acceptors (Lipinski definition) is 5. The first-order valence-electron chi connectivity index (χ1n) is 7.55. The van der Waals surface area contributed by atoms with E-state index in [0.29, 0.717) is 12.2 Å². The molecule has 0 saturated heterocycles. The van der Waals surface area contributed by atoms with Gasteiger partial charge in [0.05, 0.1) is 11.5 Å². The number of carbonyl (C=O) groups excluding carboxylic acids is 1. The molecule has 1 rings (SSSR count). The standard InChI is InChI=1S/C16H23NO6S/c1-12(2)17(11-16(19)20)15(18)5-4-10-23-13-6-8-14(9-7-13)24(3,21)22/h6-9,12H,4-5,10-11H2,1-3H3,(H,19,20). The van der Waals surface area contributed by atoms with E-state index in [1.165, 1.54) is 17.0 Å². The van der Waals surface area contributed by atoms with E-state index in [2.05, 4.69) is 0 Å². The van der Waals surface area contributed by atoms with Crippen molar-refractivity contribution in [2.75, 3.05) is 19.4 Å². The molecule has 0 radical (unpaired) electrons. The number of carboxylic acid groups (broad SMARTS) is 1. The van der Waals surface area contributed by atoms with Crippen molar-refractivity contribution >= 4 is 21.7 Å². The average Bonchev–Trinajstić information content (AvgIpc) is 2.48. The second-order valence-electron chi connectivity index (χ2n) is 5.70. The molecule has 8 heteroatoms. The Labute approximate surface area is 142 Å². The monoisotopic (exact) mass is 357 g/mol. The molecule has 1 aromatic rings. The Kier molecular flexibility index (Phi) is 7.21. The van der Waals surface area contributed by atoms with Crippen LogP contribution < -0.4 is 4.74 Å². The zero-order valence-electron chi connectivity index (χ0n) is 14.1. The van der Waals surface area contributed by atoms with Gasteiger partial charge < -0.3 is 14.7 Å². The molecule has 0 heterocycles. The molecule has 0 saturated carbocycles. The molecule has 0 aliphatic rings. The Morgan fingerprint density at radius 2 is 1.79 bits per heavy atom. The largest absolute Gasteiger partial charge is 0.494 e. The molecule has 0 unspecified atom stereocenters. The van der Waals surface area contributed by atoms with Crippen molar-refractivity contribution in [3.8, 4) is 5.75 Å². The molecule has 0 bridgehead atoms. The summed E-state index contributed by atoms with van der Waals surface area (Å²) in [6, 6.07) is 5.86. The van der Waals surface area contributed by atoms with Gasteiger partial charge in [-0.25, -0.2) is 8.42 Å². The predicted octanol–water partition coefficient (Wildman–Crippen LogP) is 1.57. The van der Waals surface area contributed by atoms with Crippen molar-refractivity contribution < 1.29 is 27.9 Å². The Bertz CT molecular complexity index is 666. The normalized spacial score (nSPS) is 11.3. The van der Waals surface area contributed by atoms with Crippen LogP contribution in [0.5, 0.6) is 5.75 Å². The van der Waals surface area contributed by atoms with E-state index in [0.717, 1.165) is 6.26 Å². The number of carbonyl (C=O) groups is 2. The van der Waals surface area contributed by atoms with Crippen molar-refractivity contribution in [3.63, 3.8) is 0 Å². The van der Waals surface area contributed by atoms with Gasteiger partial charge in [-0.15, -0.1) is 0 Å². The van der Waals surface area contributed by atoms with Crippen LogP contribution >= 0.6 is 0 Å². The Hall–Kier alpha value is -2.09. The highest BCUT2D eigenvalue weighted by atomic mass is 32.2. The third kappa shape index (κ3) is 6.57. The van der Waals surface area contributed by atoms with Gasteiger partial charge >= 0.3 is 5.97 Å². The van der Waals surface area contributed by atoms with E-state index in [-0.39, 0.29) is 36.4 Å². The second kappa shape index (κ2) is 8.68. The first kappa shape index (κ1) is 20.0. The van der Waals surface area contributed by atoms with E-state index >= 15 is 0 Å². The van der Waals surface area contributed by atoms with Crippen LogP contribution in [0.4, 0.5) is 0 Å². The van der Waals surface area contributed by atoms with Crippen molar-refractivity contribution in [1.29, 1.82) is 0 Å². The van der Waals surface area contributed by atoms with Gasteiger partial charge in [0.15, 0.2) is 9.84 Å². The number of amides is 1. The lowest BCUT2D eigenvalue weighted by Crippen LogP contribution is -2.40. The number of rotatable bonds is 9. The first-order valence-corrected chi connectivity index (χ1v) is 9.44. The molecule has 134 valence electrons. The summed E-state index contributed by atoms with van der Waals surface area (Å²) in [5.41, 5.74) is 0. The number of carboxylic acids is 1. The summed E-state index contributed by atoms with van der Waals surface area (Å²) in [5.74, 6) is -0.760. The van der Waals surface area contributed by atoms with Crippen LogP contribution in [-0.2, 0) is 19.4 Å². The van der Waals surface area contributed by atoms with Gasteiger partial charge in [0.2, 0.25) is 5.91 Å². The highest BCUT2D eigenvalue weighted by Gasteiger charge is 2.19. The second-order valence-corrected chi connectivity index (χ2v) is 7.72. The Balaban J connectivity index is 2.45. The summed E-state index contributed by atoms with van der Waals surface area (Å²) in [6.07, 6.45) is 1.76. The fraction of sp³-hybridized carbons (Fsp3) is 0.500. The van der Waals surface area contributed by atoms with Crippen LogP contribution in [0.1, 0.15) is 26.7 Å². The smallest absolute Gasteiger partial charge is 0.323 e. The van der Waals surface area contributed by atoms with E-state index in [4.69, 9.17) is 9.84 Å². The van der Waals surface area contributed by atoms with Crippen LogP contribution in [0.25, 0.3) is 0 Å². The number of sulfone groups is 1. The molecule has 0 atom stereocenters. The third-order valence-electron chi connectivity index (χ3n) is 3.30. The number of nitrogens with zero attached hydrogens (tertiary/aromatic N) is 1. The molecule has 7 nitrogen and oxygen atoms in total. The molecule has 1 amide bonds. The fourth-order valence-corrected chi connectivity index (χ4v) is 2.68. The summed E-state index contributed by atoms with van der Waals surface area (Å²) in [4.78, 5) is 24.3. The SMILES string of the molecule is CC(C)N(CC(=O)O)C(=O)CCCOc1ccc(S(C)(=O)=O)cc1. The lowest BCUT2D eigenvalue weighted by atomic mass is 10.2. The zero-order chi connectivity index (χ0) is 18.3. The molecule has 1 aromatic carbocycles. The molecule has 24 heavy (non-hydrogen) atoms. The molecule has 0 aliphatic heterocycles. The molecular weight excluding hydrogens is 334 g/mol. The van der Waals surface area contributed by atoms with Crippen LogP contribution in [0.2, 0.25) is 0 Å². The van der Waals surface area contributed by atoms with Crippen LogP contribution in [-0.4, -0.2) is 55.7 Å². The molecule has 0 aliphatic carbocycles. The first-order chi connectivity index (χ1) is 11.1. The maximum Gasteiger partial charge on any atom is 0.323 e. The van der Waals surface area contributed by atoms with Gasteiger partial charge in [0, 0.05) is 18.7 Å². The van der Waals surface area contributed by atoms with E-state index in [1.54, 1.807) is 26.0 Å². The number of benzene rings is 1. The number of hydrogen-bond donors (Lipinski definition) is 1. The lowest BCUT2D eigenvalue weighted by molar-refractivity contribution is -0.145. The fourth-order valence-electron chi connectivity index (χ4n) is 2.04. The third-order valence-corrected chi connectivity index (χ3v) is 4.43. The van der Waals surface area contributed by atoms with Gasteiger partial charge in [0.1, 0.15) is 12.3 Å². The Morgan fingerprint density at radius 3 is 2.25 bits per heavy atom. The molecule has 1 N–H and O–H groups in total. The van der Waals surface area contributed by atoms with E-state index < -0.39 is 15.8 Å². The highest BCUT2D eigenvalue weighted by molar-refractivity contribution is 7.90. The minimum absolute atomic E-state index is 0.182. The summed E-state index contributed by atoms with van der Waals surface area (Å²) >= 11 is 0. The number of aliphatic carboxylic acids is 1. The maximum absolute atomic E-state index is 12.0. The summed E-state index contributed by atoms with van der Waals surface area (Å²) in [5, 5.41) is 8.82. The zero-order valence-corrected chi connectivity index (χ0v) is 14.9. The van der Waals surface area contributed by atoms with Crippen molar-refractivity contribution in [1.82, 2.24) is 4.90 Å².